The molecule has 106 valence electrons. The van der Waals surface area contributed by atoms with Crippen molar-refractivity contribution >= 4 is 21.8 Å². The molecule has 0 saturated heterocycles. The van der Waals surface area contributed by atoms with E-state index in [-0.39, 0.29) is 0 Å². The van der Waals surface area contributed by atoms with Gasteiger partial charge in [0, 0.05) is 10.8 Å². The topological polar surface area (TPSA) is 12.9 Å². The fraction of sp³-hybridized carbons (Fsp3) is 0.0952. The number of para-hydroxylation sites is 2. The number of fused-ring (bicyclic) bond motifs is 2. The molecule has 1 nitrogen and oxygen atoms in total. The molecule has 0 fully saturated rings. The molecule has 0 atom stereocenters. The highest BCUT2D eigenvalue weighted by molar-refractivity contribution is 5.97. The summed E-state index contributed by atoms with van der Waals surface area (Å²) >= 11 is 0. The second kappa shape index (κ2) is 5.61. The highest BCUT2D eigenvalue weighted by Gasteiger charge is 2.08. The summed E-state index contributed by atoms with van der Waals surface area (Å²) in [4.78, 5) is 4.79. The number of pyridine rings is 1. The first kappa shape index (κ1) is 13.0. The standard InChI is InChI=1S/C21H17N/c1-2-8-16(9-3-1)14-15-17-18-10-4-6-12-20(18)22-21-13-7-5-11-19(17)21/h1-13H,14-15H2. The van der Waals surface area contributed by atoms with Gasteiger partial charge in [0.25, 0.3) is 0 Å². The van der Waals surface area contributed by atoms with E-state index in [9.17, 15) is 0 Å². The van der Waals surface area contributed by atoms with Gasteiger partial charge in [-0.05, 0) is 36.1 Å². The molecular formula is C21H17N. The molecule has 0 radical (unpaired) electrons. The van der Waals surface area contributed by atoms with Crippen LogP contribution in [0.3, 0.4) is 0 Å². The maximum Gasteiger partial charge on any atom is 0.0712 e. The highest BCUT2D eigenvalue weighted by Crippen LogP contribution is 2.27. The summed E-state index contributed by atoms with van der Waals surface area (Å²) in [6, 6.07) is 27.6. The zero-order chi connectivity index (χ0) is 14.8. The normalized spacial score (nSPS) is 11.1. The van der Waals surface area contributed by atoms with Crippen LogP contribution in [0, 0.1) is 0 Å². The lowest BCUT2D eigenvalue weighted by atomic mass is 9.97. The van der Waals surface area contributed by atoms with Gasteiger partial charge < -0.3 is 0 Å². The lowest BCUT2D eigenvalue weighted by Crippen LogP contribution is -1.96. The molecule has 0 N–H and O–H groups in total. The van der Waals surface area contributed by atoms with E-state index in [4.69, 9.17) is 4.98 Å². The van der Waals surface area contributed by atoms with Crippen molar-refractivity contribution in [3.63, 3.8) is 0 Å². The Balaban J connectivity index is 1.85. The van der Waals surface area contributed by atoms with Crippen LogP contribution < -0.4 is 0 Å². The summed E-state index contributed by atoms with van der Waals surface area (Å²) in [6.45, 7) is 0. The van der Waals surface area contributed by atoms with Crippen molar-refractivity contribution in [1.29, 1.82) is 0 Å². The molecule has 22 heavy (non-hydrogen) atoms. The number of hydrogen-bond donors (Lipinski definition) is 0. The minimum absolute atomic E-state index is 1.04. The third-order valence-corrected chi connectivity index (χ3v) is 4.21. The Bertz CT molecular complexity index is 872. The van der Waals surface area contributed by atoms with Crippen molar-refractivity contribution in [3.8, 4) is 0 Å². The number of rotatable bonds is 3. The van der Waals surface area contributed by atoms with Gasteiger partial charge in [0.1, 0.15) is 0 Å². The average Bonchev–Trinajstić information content (AvgIpc) is 2.59. The summed E-state index contributed by atoms with van der Waals surface area (Å²) in [5.41, 5.74) is 4.96. The van der Waals surface area contributed by atoms with Gasteiger partial charge in [-0.2, -0.15) is 0 Å². The third-order valence-electron chi connectivity index (χ3n) is 4.21. The lowest BCUT2D eigenvalue weighted by molar-refractivity contribution is 0.976. The van der Waals surface area contributed by atoms with Crippen LogP contribution in [0.25, 0.3) is 21.8 Å². The molecule has 0 bridgehead atoms. The smallest absolute Gasteiger partial charge is 0.0712 e. The summed E-state index contributed by atoms with van der Waals surface area (Å²) in [6.07, 6.45) is 2.09. The van der Waals surface area contributed by atoms with E-state index in [1.165, 1.54) is 21.9 Å². The zero-order valence-electron chi connectivity index (χ0n) is 12.4. The Kier molecular flexibility index (Phi) is 3.32. The van der Waals surface area contributed by atoms with Crippen LogP contribution in [0.2, 0.25) is 0 Å². The number of benzene rings is 3. The lowest BCUT2D eigenvalue weighted by Gasteiger charge is -2.11. The van der Waals surface area contributed by atoms with Gasteiger partial charge in [0.2, 0.25) is 0 Å². The Hall–Kier alpha value is -2.67. The van der Waals surface area contributed by atoms with Crippen LogP contribution in [0.5, 0.6) is 0 Å². The highest BCUT2D eigenvalue weighted by atomic mass is 14.7. The van der Waals surface area contributed by atoms with E-state index >= 15 is 0 Å². The van der Waals surface area contributed by atoms with E-state index in [1.807, 2.05) is 0 Å². The summed E-state index contributed by atoms with van der Waals surface area (Å²) in [7, 11) is 0. The van der Waals surface area contributed by atoms with Crippen molar-refractivity contribution < 1.29 is 0 Å². The minimum atomic E-state index is 1.04. The van der Waals surface area contributed by atoms with Crippen molar-refractivity contribution in [2.75, 3.05) is 0 Å². The molecule has 0 aliphatic heterocycles. The van der Waals surface area contributed by atoms with Crippen LogP contribution in [0.1, 0.15) is 11.1 Å². The van der Waals surface area contributed by atoms with Gasteiger partial charge in [-0.25, -0.2) is 4.98 Å². The average molecular weight is 283 g/mol. The number of nitrogens with zero attached hydrogens (tertiary/aromatic N) is 1. The van der Waals surface area contributed by atoms with Gasteiger partial charge in [-0.1, -0.05) is 66.7 Å². The number of hydrogen-bond acceptors (Lipinski definition) is 1. The molecule has 0 saturated carbocycles. The first-order valence-corrected chi connectivity index (χ1v) is 7.72. The molecule has 0 aliphatic carbocycles. The van der Waals surface area contributed by atoms with Crippen molar-refractivity contribution in [2.24, 2.45) is 0 Å². The van der Waals surface area contributed by atoms with Crippen LogP contribution in [0.4, 0.5) is 0 Å². The van der Waals surface area contributed by atoms with Crippen molar-refractivity contribution in [3.05, 3.63) is 90.0 Å². The first-order chi connectivity index (χ1) is 10.9. The third kappa shape index (κ3) is 2.35. The first-order valence-electron chi connectivity index (χ1n) is 7.72. The summed E-state index contributed by atoms with van der Waals surface area (Å²) in [5.74, 6) is 0. The van der Waals surface area contributed by atoms with Crippen LogP contribution >= 0.6 is 0 Å². The van der Waals surface area contributed by atoms with E-state index in [0.29, 0.717) is 0 Å². The van der Waals surface area contributed by atoms with E-state index in [1.54, 1.807) is 0 Å². The van der Waals surface area contributed by atoms with Crippen molar-refractivity contribution in [2.45, 2.75) is 12.8 Å². The summed E-state index contributed by atoms with van der Waals surface area (Å²) in [5, 5.41) is 2.55. The van der Waals surface area contributed by atoms with Crippen LogP contribution in [-0.4, -0.2) is 4.98 Å². The molecule has 3 aromatic carbocycles. The van der Waals surface area contributed by atoms with Crippen LogP contribution in [0.15, 0.2) is 78.9 Å². The minimum Gasteiger partial charge on any atom is -0.248 e. The molecule has 0 spiro atoms. The Morgan fingerprint density at radius 2 is 1.09 bits per heavy atom. The molecule has 4 aromatic rings. The largest absolute Gasteiger partial charge is 0.248 e. The fourth-order valence-electron chi connectivity index (χ4n) is 3.11. The number of aryl methyl sites for hydroxylation is 2. The Morgan fingerprint density at radius 1 is 0.545 bits per heavy atom. The summed E-state index contributed by atoms with van der Waals surface area (Å²) < 4.78 is 0. The van der Waals surface area contributed by atoms with Gasteiger partial charge >= 0.3 is 0 Å². The van der Waals surface area contributed by atoms with E-state index in [0.717, 1.165) is 23.9 Å². The molecule has 1 aromatic heterocycles. The van der Waals surface area contributed by atoms with Crippen LogP contribution in [-0.2, 0) is 12.8 Å². The van der Waals surface area contributed by atoms with Gasteiger partial charge in [0.15, 0.2) is 0 Å². The van der Waals surface area contributed by atoms with Gasteiger partial charge in [0.05, 0.1) is 11.0 Å². The number of aromatic nitrogens is 1. The molecule has 0 aliphatic rings. The molecule has 1 heteroatoms. The molecule has 0 unspecified atom stereocenters. The second-order valence-corrected chi connectivity index (χ2v) is 5.61. The second-order valence-electron chi connectivity index (χ2n) is 5.61. The predicted octanol–water partition coefficient (Wildman–Crippen LogP) is 5.17. The van der Waals surface area contributed by atoms with Gasteiger partial charge in [-0.15, -0.1) is 0 Å². The Morgan fingerprint density at radius 3 is 1.73 bits per heavy atom. The molecule has 1 heterocycles. The van der Waals surface area contributed by atoms with Gasteiger partial charge in [-0.3, -0.25) is 0 Å². The zero-order valence-corrected chi connectivity index (χ0v) is 12.4. The SMILES string of the molecule is c1ccc(CCc2c3ccccc3nc3ccccc23)cc1. The maximum absolute atomic E-state index is 4.79. The van der Waals surface area contributed by atoms with E-state index in [2.05, 4.69) is 78.9 Å². The monoisotopic (exact) mass is 283 g/mol. The molecular weight excluding hydrogens is 266 g/mol. The fourth-order valence-corrected chi connectivity index (χ4v) is 3.11. The Labute approximate surface area is 130 Å². The van der Waals surface area contributed by atoms with Crippen molar-refractivity contribution in [1.82, 2.24) is 4.98 Å². The quantitative estimate of drug-likeness (QED) is 0.472. The predicted molar refractivity (Wildman–Crippen MR) is 93.1 cm³/mol. The maximum atomic E-state index is 4.79. The van der Waals surface area contributed by atoms with E-state index < -0.39 is 0 Å². The molecule has 0 amide bonds. The molecule has 4 rings (SSSR count).